The molecule has 6 heteroatoms. The Balaban J connectivity index is 0. The monoisotopic (exact) mass is 320 g/mol. The molecule has 0 atom stereocenters. The molecule has 0 saturated heterocycles. The fraction of sp³-hybridized carbons (Fsp3) is 1.00. The number of phosphoric acid groups is 1. The van der Waals surface area contributed by atoms with Gasteiger partial charge in [0.05, 0.1) is 6.61 Å². The molecular weight excluding hydrogens is 290 g/mol. The van der Waals surface area contributed by atoms with Gasteiger partial charge in [-0.3, -0.25) is 4.52 Å². The normalized spacial score (nSPS) is 11.6. The first-order valence-corrected chi connectivity index (χ1v) is 8.65. The van der Waals surface area contributed by atoms with Gasteiger partial charge in [0.15, 0.2) is 0 Å². The van der Waals surface area contributed by atoms with E-state index < -0.39 is 7.82 Å². The molecule has 0 heterocycles. The molecule has 0 amide bonds. The van der Waals surface area contributed by atoms with E-state index in [-0.39, 0.29) is 58.0 Å². The third kappa shape index (κ3) is 22.2. The molecular formula is C13H30KO4P. The topological polar surface area (TPSA) is 66.8 Å². The molecule has 0 unspecified atom stereocenters. The molecule has 2 N–H and O–H groups in total. The molecule has 0 spiro atoms. The average Bonchev–Trinajstić information content (AvgIpc) is 2.24. The minimum atomic E-state index is -4.25. The Morgan fingerprint density at radius 2 is 1.32 bits per heavy atom. The molecule has 19 heavy (non-hydrogen) atoms. The summed E-state index contributed by atoms with van der Waals surface area (Å²) in [7, 11) is -4.25. The van der Waals surface area contributed by atoms with Crippen LogP contribution in [0.5, 0.6) is 0 Å². The van der Waals surface area contributed by atoms with Crippen molar-refractivity contribution in [2.45, 2.75) is 71.6 Å². The Hall–Kier alpha value is 1.75. The molecule has 0 aromatic carbocycles. The van der Waals surface area contributed by atoms with Crippen LogP contribution in [0.2, 0.25) is 0 Å². The summed E-state index contributed by atoms with van der Waals surface area (Å²) >= 11 is 0. The van der Waals surface area contributed by atoms with E-state index in [4.69, 9.17) is 9.79 Å². The third-order valence-electron chi connectivity index (χ3n) is 2.94. The predicted octanol–water partition coefficient (Wildman–Crippen LogP) is 3.61. The van der Waals surface area contributed by atoms with E-state index in [0.717, 1.165) is 25.2 Å². The summed E-state index contributed by atoms with van der Waals surface area (Å²) < 4.78 is 14.8. The van der Waals surface area contributed by atoms with E-state index in [1.54, 1.807) is 0 Å². The van der Waals surface area contributed by atoms with Gasteiger partial charge >= 0.3 is 59.2 Å². The summed E-state index contributed by atoms with van der Waals surface area (Å²) in [5, 5.41) is 0. The Morgan fingerprint density at radius 3 is 1.74 bits per heavy atom. The molecule has 0 bridgehead atoms. The van der Waals surface area contributed by atoms with Gasteiger partial charge in [0.2, 0.25) is 0 Å². The van der Waals surface area contributed by atoms with Gasteiger partial charge < -0.3 is 9.79 Å². The zero-order valence-electron chi connectivity index (χ0n) is 11.8. The van der Waals surface area contributed by atoms with Gasteiger partial charge in [0.25, 0.3) is 0 Å². The second-order valence-corrected chi connectivity index (χ2v) is 6.57. The van der Waals surface area contributed by atoms with Crippen molar-refractivity contribution in [3.63, 3.8) is 0 Å². The van der Waals surface area contributed by atoms with Crippen LogP contribution in [0.15, 0.2) is 0 Å². The molecule has 0 radical (unpaired) electrons. The second kappa shape index (κ2) is 14.7. The van der Waals surface area contributed by atoms with Crippen LogP contribution in [0, 0.1) is 5.92 Å². The summed E-state index contributed by atoms with van der Waals surface area (Å²) in [6.07, 6.45) is 10.7. The van der Waals surface area contributed by atoms with Gasteiger partial charge in [0.1, 0.15) is 0 Å². The first kappa shape index (κ1) is 23.0. The number of rotatable bonds is 12. The van der Waals surface area contributed by atoms with Crippen LogP contribution in [0.3, 0.4) is 0 Å². The van der Waals surface area contributed by atoms with Crippen LogP contribution < -0.4 is 0 Å². The first-order valence-electron chi connectivity index (χ1n) is 7.12. The average molecular weight is 320 g/mol. The summed E-state index contributed by atoms with van der Waals surface area (Å²) in [5.74, 6) is 0.819. The number of unbranched alkanes of at least 4 members (excludes halogenated alkanes) is 7. The molecule has 4 nitrogen and oxygen atoms in total. The Kier molecular flexibility index (Phi) is 17.8. The van der Waals surface area contributed by atoms with E-state index in [9.17, 15) is 4.57 Å². The van der Waals surface area contributed by atoms with Crippen LogP contribution in [0.25, 0.3) is 0 Å². The molecule has 0 fully saturated rings. The van der Waals surface area contributed by atoms with Crippen LogP contribution in [-0.2, 0) is 9.09 Å². The molecule has 0 aliphatic rings. The third-order valence-corrected chi connectivity index (χ3v) is 3.45. The van der Waals surface area contributed by atoms with E-state index in [1.807, 2.05) is 0 Å². The predicted molar refractivity (Wildman–Crippen MR) is 81.5 cm³/mol. The Labute approximate surface area is 160 Å². The quantitative estimate of drug-likeness (QED) is 0.327. The number of phosphoric ester groups is 1. The Morgan fingerprint density at radius 1 is 0.895 bits per heavy atom. The van der Waals surface area contributed by atoms with Crippen molar-refractivity contribution < 1.29 is 18.9 Å². The second-order valence-electron chi connectivity index (χ2n) is 5.33. The van der Waals surface area contributed by atoms with E-state index >= 15 is 0 Å². The van der Waals surface area contributed by atoms with Crippen molar-refractivity contribution in [1.82, 2.24) is 0 Å². The minimum absolute atomic E-state index is 0. The molecule has 0 aliphatic heterocycles. The van der Waals surface area contributed by atoms with E-state index in [0.29, 0.717) is 0 Å². The molecule has 0 rings (SSSR count). The van der Waals surface area contributed by atoms with Gasteiger partial charge in [0, 0.05) is 0 Å². The van der Waals surface area contributed by atoms with Crippen molar-refractivity contribution in [1.29, 1.82) is 0 Å². The summed E-state index contributed by atoms with van der Waals surface area (Å²) in [5.41, 5.74) is 0. The van der Waals surface area contributed by atoms with E-state index in [2.05, 4.69) is 18.4 Å². The zero-order chi connectivity index (χ0) is 13.9. The van der Waals surface area contributed by atoms with Gasteiger partial charge in [-0.1, -0.05) is 65.2 Å². The maximum atomic E-state index is 10.4. The van der Waals surface area contributed by atoms with Crippen LogP contribution in [-0.4, -0.2) is 67.8 Å². The van der Waals surface area contributed by atoms with Gasteiger partial charge in [-0.2, -0.15) is 0 Å². The SMILES string of the molecule is CC(C)CCCCCCCCCCOP(=O)(O)O.[KH]. The molecule has 0 saturated carbocycles. The summed E-state index contributed by atoms with van der Waals surface area (Å²) in [6.45, 7) is 4.69. The van der Waals surface area contributed by atoms with Crippen LogP contribution >= 0.6 is 7.82 Å². The summed E-state index contributed by atoms with van der Waals surface area (Å²) in [4.78, 5) is 16.9. The zero-order valence-corrected chi connectivity index (χ0v) is 12.7. The van der Waals surface area contributed by atoms with E-state index in [1.165, 1.54) is 38.5 Å². The molecule has 112 valence electrons. The van der Waals surface area contributed by atoms with Gasteiger partial charge in [-0.15, -0.1) is 0 Å². The number of hydrogen-bond acceptors (Lipinski definition) is 2. The van der Waals surface area contributed by atoms with Crippen molar-refractivity contribution in [2.24, 2.45) is 5.92 Å². The fourth-order valence-corrected chi connectivity index (χ4v) is 2.27. The van der Waals surface area contributed by atoms with Crippen molar-refractivity contribution in [3.8, 4) is 0 Å². The maximum absolute atomic E-state index is 10.4. The summed E-state index contributed by atoms with van der Waals surface area (Å²) in [6, 6.07) is 0. The van der Waals surface area contributed by atoms with Crippen LogP contribution in [0.1, 0.15) is 71.6 Å². The van der Waals surface area contributed by atoms with Crippen molar-refractivity contribution >= 4 is 59.2 Å². The molecule has 0 aromatic rings. The fourth-order valence-electron chi connectivity index (χ4n) is 1.90. The van der Waals surface area contributed by atoms with Crippen LogP contribution in [0.4, 0.5) is 0 Å². The molecule has 0 aliphatic carbocycles. The number of hydrogen-bond donors (Lipinski definition) is 2. The standard InChI is InChI=1S/C13H29O4P.K.H/c1-13(2)11-9-7-5-3-4-6-8-10-12-17-18(14,15)16;;/h13H,3-12H2,1-2H3,(H2,14,15,16);;. The Bertz CT molecular complexity index is 231. The van der Waals surface area contributed by atoms with Crippen molar-refractivity contribution in [3.05, 3.63) is 0 Å². The van der Waals surface area contributed by atoms with Crippen molar-refractivity contribution in [2.75, 3.05) is 6.61 Å². The van der Waals surface area contributed by atoms with Gasteiger partial charge in [-0.25, -0.2) is 4.57 Å². The van der Waals surface area contributed by atoms with Gasteiger partial charge in [-0.05, 0) is 12.3 Å². The first-order chi connectivity index (χ1) is 8.42. The molecule has 0 aromatic heterocycles.